The van der Waals surface area contributed by atoms with Gasteiger partial charge in [-0.3, -0.25) is 0 Å². The Hall–Kier alpha value is -2.70. The van der Waals surface area contributed by atoms with Crippen molar-refractivity contribution in [2.24, 2.45) is 0 Å². The average Bonchev–Trinajstić information content (AvgIpc) is 2.69. The molecule has 6 nitrogen and oxygen atoms in total. The number of nitrogens with zero attached hydrogens (tertiary/aromatic N) is 3. The number of nitrogens with one attached hydrogen (secondary N) is 2. The number of hydrogen-bond acceptors (Lipinski definition) is 4. The molecule has 1 aliphatic rings. The van der Waals surface area contributed by atoms with Crippen LogP contribution in [0.1, 0.15) is 31.8 Å². The smallest absolute Gasteiger partial charge is 0.314 e. The Kier molecular flexibility index (Phi) is 7.79. The fourth-order valence-electron chi connectivity index (χ4n) is 2.64. The lowest BCUT2D eigenvalue weighted by molar-refractivity contribution is 0.242. The van der Waals surface area contributed by atoms with Gasteiger partial charge in [0.15, 0.2) is 5.82 Å². The molecule has 0 aliphatic carbocycles. The number of carbonyl (C=O) groups is 1. The maximum absolute atomic E-state index is 13.2. The SMILES string of the molecule is CNC(=O)NCc1ccc(C)cc1F.[HH].c1cnnc(N2CCCCC2)c1. The average molecular weight is 361 g/mol. The van der Waals surface area contributed by atoms with Gasteiger partial charge >= 0.3 is 6.03 Å². The van der Waals surface area contributed by atoms with Gasteiger partial charge in [-0.15, -0.1) is 5.10 Å². The molecule has 0 radical (unpaired) electrons. The topological polar surface area (TPSA) is 70.1 Å². The van der Waals surface area contributed by atoms with Gasteiger partial charge in [-0.1, -0.05) is 12.1 Å². The van der Waals surface area contributed by atoms with Crippen molar-refractivity contribution in [3.63, 3.8) is 0 Å². The van der Waals surface area contributed by atoms with E-state index in [0.717, 1.165) is 24.5 Å². The minimum Gasteiger partial charge on any atom is -0.355 e. The van der Waals surface area contributed by atoms with Gasteiger partial charge in [0.1, 0.15) is 5.82 Å². The number of carbonyl (C=O) groups excluding carboxylic acids is 1. The summed E-state index contributed by atoms with van der Waals surface area (Å²) in [5.41, 5.74) is 1.35. The number of hydrogen-bond donors (Lipinski definition) is 2. The predicted molar refractivity (Wildman–Crippen MR) is 103 cm³/mol. The largest absolute Gasteiger partial charge is 0.355 e. The van der Waals surface area contributed by atoms with E-state index >= 15 is 0 Å². The van der Waals surface area contributed by atoms with Gasteiger partial charge in [-0.2, -0.15) is 5.10 Å². The molecule has 1 aliphatic heterocycles. The third-order valence-corrected chi connectivity index (χ3v) is 4.11. The minimum absolute atomic E-state index is 0. The maximum Gasteiger partial charge on any atom is 0.314 e. The molecule has 0 spiro atoms. The molecule has 1 aromatic heterocycles. The summed E-state index contributed by atoms with van der Waals surface area (Å²) in [6, 6.07) is 8.57. The first-order chi connectivity index (χ1) is 12.6. The van der Waals surface area contributed by atoms with Crippen LogP contribution >= 0.6 is 0 Å². The molecular weight excluding hydrogens is 333 g/mol. The van der Waals surface area contributed by atoms with Gasteiger partial charge < -0.3 is 15.5 Å². The van der Waals surface area contributed by atoms with Crippen LogP contribution in [0.5, 0.6) is 0 Å². The summed E-state index contributed by atoms with van der Waals surface area (Å²) in [5.74, 6) is 0.735. The number of aromatic nitrogens is 2. The highest BCUT2D eigenvalue weighted by atomic mass is 19.1. The van der Waals surface area contributed by atoms with E-state index in [0.29, 0.717) is 5.56 Å². The van der Waals surface area contributed by atoms with Crippen molar-refractivity contribution in [1.29, 1.82) is 0 Å². The minimum atomic E-state index is -0.315. The molecule has 2 amide bonds. The summed E-state index contributed by atoms with van der Waals surface area (Å²) in [7, 11) is 1.51. The lowest BCUT2D eigenvalue weighted by atomic mass is 10.1. The molecule has 2 heterocycles. The monoisotopic (exact) mass is 361 g/mol. The van der Waals surface area contributed by atoms with Gasteiger partial charge in [0.2, 0.25) is 0 Å². The highest BCUT2D eigenvalue weighted by molar-refractivity contribution is 5.73. The van der Waals surface area contributed by atoms with Gasteiger partial charge in [0, 0.05) is 39.9 Å². The predicted octanol–water partition coefficient (Wildman–Crippen LogP) is 3.28. The van der Waals surface area contributed by atoms with Crippen molar-refractivity contribution in [3.8, 4) is 0 Å². The maximum atomic E-state index is 13.2. The molecule has 3 rings (SSSR count). The van der Waals surface area contributed by atoms with Crippen LogP contribution in [0.4, 0.5) is 15.0 Å². The molecule has 2 aromatic rings. The Morgan fingerprint density at radius 2 is 2.04 bits per heavy atom. The number of urea groups is 1. The third-order valence-electron chi connectivity index (χ3n) is 4.11. The molecule has 1 fully saturated rings. The number of halogens is 1. The second-order valence-electron chi connectivity index (χ2n) is 6.16. The van der Waals surface area contributed by atoms with E-state index in [9.17, 15) is 9.18 Å². The van der Waals surface area contributed by atoms with E-state index in [1.807, 2.05) is 25.1 Å². The molecule has 0 atom stereocenters. The highest BCUT2D eigenvalue weighted by Crippen LogP contribution is 2.15. The zero-order valence-corrected chi connectivity index (χ0v) is 15.3. The van der Waals surface area contributed by atoms with E-state index in [2.05, 4.69) is 25.7 Å². The summed E-state index contributed by atoms with van der Waals surface area (Å²) < 4.78 is 13.2. The Labute approximate surface area is 155 Å². The van der Waals surface area contributed by atoms with E-state index in [-0.39, 0.29) is 19.8 Å². The summed E-state index contributed by atoms with van der Waals surface area (Å²) in [6.45, 7) is 4.29. The number of rotatable bonds is 3. The van der Waals surface area contributed by atoms with Crippen LogP contribution in [0.2, 0.25) is 0 Å². The number of anilines is 1. The molecule has 0 saturated carbocycles. The first-order valence-electron chi connectivity index (χ1n) is 8.83. The summed E-state index contributed by atoms with van der Waals surface area (Å²) in [6.07, 6.45) is 5.65. The van der Waals surface area contributed by atoms with Crippen LogP contribution < -0.4 is 15.5 Å². The zero-order chi connectivity index (χ0) is 18.8. The molecule has 0 bridgehead atoms. The summed E-state index contributed by atoms with van der Waals surface area (Å²) in [5, 5.41) is 12.9. The third kappa shape index (κ3) is 6.31. The molecule has 142 valence electrons. The van der Waals surface area contributed by atoms with Crippen LogP contribution in [-0.4, -0.2) is 36.4 Å². The second-order valence-corrected chi connectivity index (χ2v) is 6.16. The molecular formula is C19H28FN5O. The molecule has 1 aromatic carbocycles. The van der Waals surface area contributed by atoms with Crippen molar-refractivity contribution in [1.82, 2.24) is 20.8 Å². The molecule has 7 heteroatoms. The van der Waals surface area contributed by atoms with Gasteiger partial charge in [0.05, 0.1) is 0 Å². The second kappa shape index (κ2) is 10.3. The summed E-state index contributed by atoms with van der Waals surface area (Å²) in [4.78, 5) is 13.1. The molecule has 2 N–H and O–H groups in total. The Bertz CT molecular complexity index is 696. The number of benzene rings is 1. The fourth-order valence-corrected chi connectivity index (χ4v) is 2.64. The lowest BCUT2D eigenvalue weighted by Crippen LogP contribution is -2.32. The first-order valence-corrected chi connectivity index (χ1v) is 8.83. The Morgan fingerprint density at radius 3 is 2.65 bits per heavy atom. The Morgan fingerprint density at radius 1 is 1.27 bits per heavy atom. The van der Waals surface area contributed by atoms with Crippen LogP contribution in [-0.2, 0) is 6.54 Å². The van der Waals surface area contributed by atoms with Crippen molar-refractivity contribution in [3.05, 3.63) is 53.5 Å². The van der Waals surface area contributed by atoms with Gasteiger partial charge in [0.25, 0.3) is 0 Å². The fraction of sp³-hybridized carbons (Fsp3) is 0.421. The van der Waals surface area contributed by atoms with Gasteiger partial charge in [-0.05, 0) is 49.9 Å². The number of amides is 2. The van der Waals surface area contributed by atoms with E-state index in [1.165, 1.54) is 32.4 Å². The van der Waals surface area contributed by atoms with Crippen molar-refractivity contribution in [2.75, 3.05) is 25.0 Å². The van der Waals surface area contributed by atoms with Crippen molar-refractivity contribution >= 4 is 11.8 Å². The van der Waals surface area contributed by atoms with E-state index < -0.39 is 0 Å². The molecule has 26 heavy (non-hydrogen) atoms. The Balaban J connectivity index is 0.000000262. The van der Waals surface area contributed by atoms with Crippen molar-refractivity contribution < 1.29 is 10.6 Å². The van der Waals surface area contributed by atoms with Crippen LogP contribution in [0.25, 0.3) is 0 Å². The quantitative estimate of drug-likeness (QED) is 0.880. The number of piperidine rings is 1. The zero-order valence-electron chi connectivity index (χ0n) is 15.3. The van der Waals surface area contributed by atoms with Crippen LogP contribution in [0, 0.1) is 12.7 Å². The van der Waals surface area contributed by atoms with Crippen LogP contribution in [0.3, 0.4) is 0 Å². The molecule has 1 saturated heterocycles. The van der Waals surface area contributed by atoms with Crippen LogP contribution in [0.15, 0.2) is 36.5 Å². The lowest BCUT2D eigenvalue weighted by Gasteiger charge is -2.26. The van der Waals surface area contributed by atoms with Gasteiger partial charge in [-0.25, -0.2) is 9.18 Å². The highest BCUT2D eigenvalue weighted by Gasteiger charge is 2.11. The van der Waals surface area contributed by atoms with Crippen molar-refractivity contribution in [2.45, 2.75) is 32.7 Å². The molecule has 0 unspecified atom stereocenters. The normalized spacial score (nSPS) is 13.4. The number of aryl methyl sites for hydroxylation is 1. The summed E-state index contributed by atoms with van der Waals surface area (Å²) >= 11 is 0. The van der Waals surface area contributed by atoms with E-state index in [1.54, 1.807) is 12.3 Å². The first kappa shape index (κ1) is 19.6. The van der Waals surface area contributed by atoms with E-state index in [4.69, 9.17) is 0 Å². The standard InChI is InChI=1S/C10H13FN2O.C9H13N3.H2/c1-7-3-4-8(9(11)5-7)6-13-10(14)12-2;1-2-7-12(8-3-1)9-5-4-6-10-11-9;/h3-5H,6H2,1-2H3,(H2,12,13,14);4-6H,1-3,7-8H2;1H.